The fourth-order valence-electron chi connectivity index (χ4n) is 3.91. The van der Waals surface area contributed by atoms with Crippen molar-refractivity contribution in [2.75, 3.05) is 32.6 Å². The summed E-state index contributed by atoms with van der Waals surface area (Å²) in [5, 5.41) is 6.68. The van der Waals surface area contributed by atoms with Crippen molar-refractivity contribution < 1.29 is 4.74 Å². The van der Waals surface area contributed by atoms with E-state index >= 15 is 0 Å². The number of fused-ring (bicyclic) bond motifs is 1. The van der Waals surface area contributed by atoms with Gasteiger partial charge in [0.1, 0.15) is 28.8 Å². The molecule has 180 valence electrons. The fraction of sp³-hybridized carbons (Fsp3) is 0.259. The Morgan fingerprint density at radius 3 is 2.49 bits per heavy atom. The Morgan fingerprint density at radius 2 is 1.83 bits per heavy atom. The quantitative estimate of drug-likeness (QED) is 0.238. The first-order chi connectivity index (χ1) is 16.9. The molecule has 35 heavy (non-hydrogen) atoms. The Balaban J connectivity index is 1.55. The molecule has 0 bridgehead atoms. The Bertz CT molecular complexity index is 1450. The Kier molecular flexibility index (Phi) is 6.60. The van der Waals surface area contributed by atoms with E-state index in [9.17, 15) is 0 Å². The van der Waals surface area contributed by atoms with Crippen molar-refractivity contribution in [3.8, 4) is 26.9 Å². The summed E-state index contributed by atoms with van der Waals surface area (Å²) in [4.78, 5) is 18.6. The summed E-state index contributed by atoms with van der Waals surface area (Å²) in [6, 6.07) is 12.4. The van der Waals surface area contributed by atoms with Crippen LogP contribution in [0.1, 0.15) is 16.7 Å². The summed E-state index contributed by atoms with van der Waals surface area (Å²) in [6.07, 6.45) is 2.02. The van der Waals surface area contributed by atoms with Crippen LogP contribution in [0.4, 0.5) is 11.6 Å². The summed E-state index contributed by atoms with van der Waals surface area (Å²) >= 11 is 3.36. The van der Waals surface area contributed by atoms with Gasteiger partial charge in [-0.25, -0.2) is 9.97 Å². The highest BCUT2D eigenvalue weighted by molar-refractivity contribution is 7.22. The van der Waals surface area contributed by atoms with Gasteiger partial charge in [0.15, 0.2) is 5.82 Å². The third-order valence-corrected chi connectivity index (χ3v) is 8.20. The standard InChI is InChI=1S/C27H29N5OS2/c1-16-15-28-24(17(16)2)29-26-22-18(3)23(19-8-10-20(11-9-19)33-13-12-32(4)5)35-27(22)31-25(30-26)21-7-6-14-34-21/h6-11,14-15,28H,12-13H2,1-5H3,(H,29,30,31). The minimum Gasteiger partial charge on any atom is -0.492 e. The van der Waals surface area contributed by atoms with Gasteiger partial charge in [-0.1, -0.05) is 6.07 Å². The highest BCUT2D eigenvalue weighted by atomic mass is 32.1. The number of rotatable bonds is 8. The third-order valence-electron chi connectivity index (χ3n) is 6.10. The lowest BCUT2D eigenvalue weighted by Gasteiger charge is -2.11. The van der Waals surface area contributed by atoms with Crippen molar-refractivity contribution in [2.24, 2.45) is 0 Å². The first-order valence-corrected chi connectivity index (χ1v) is 13.2. The van der Waals surface area contributed by atoms with E-state index in [-0.39, 0.29) is 0 Å². The topological polar surface area (TPSA) is 66.1 Å². The van der Waals surface area contributed by atoms with Crippen molar-refractivity contribution in [2.45, 2.75) is 20.8 Å². The zero-order valence-electron chi connectivity index (χ0n) is 20.6. The van der Waals surface area contributed by atoms with Gasteiger partial charge in [-0.15, -0.1) is 22.7 Å². The number of ether oxygens (including phenoxy) is 1. The van der Waals surface area contributed by atoms with Crippen LogP contribution in [0.25, 0.3) is 31.4 Å². The predicted octanol–water partition coefficient (Wildman–Crippen LogP) is 7.02. The Morgan fingerprint density at radius 1 is 1.03 bits per heavy atom. The number of H-pyrrole nitrogens is 1. The molecule has 1 aromatic carbocycles. The maximum absolute atomic E-state index is 5.88. The number of aromatic nitrogens is 3. The van der Waals surface area contributed by atoms with Crippen LogP contribution < -0.4 is 10.1 Å². The molecule has 0 fully saturated rings. The minimum absolute atomic E-state index is 0.669. The Hall–Kier alpha value is -3.20. The molecule has 0 unspecified atom stereocenters. The number of nitrogens with one attached hydrogen (secondary N) is 2. The highest BCUT2D eigenvalue weighted by Crippen LogP contribution is 2.42. The molecule has 0 aliphatic carbocycles. The molecule has 0 saturated carbocycles. The van der Waals surface area contributed by atoms with E-state index in [4.69, 9.17) is 14.7 Å². The number of nitrogens with zero attached hydrogens (tertiary/aromatic N) is 3. The predicted molar refractivity (Wildman–Crippen MR) is 148 cm³/mol. The van der Waals surface area contributed by atoms with Crippen LogP contribution in [-0.2, 0) is 0 Å². The van der Waals surface area contributed by atoms with Crippen LogP contribution in [0.5, 0.6) is 5.75 Å². The second-order valence-corrected chi connectivity index (χ2v) is 10.8. The summed E-state index contributed by atoms with van der Waals surface area (Å²) in [5.74, 6) is 3.42. The molecule has 5 rings (SSSR count). The molecule has 0 saturated heterocycles. The second-order valence-electron chi connectivity index (χ2n) is 8.88. The maximum atomic E-state index is 5.88. The Labute approximate surface area is 213 Å². The molecule has 0 aliphatic heterocycles. The van der Waals surface area contributed by atoms with Gasteiger partial charge in [-0.3, -0.25) is 0 Å². The lowest BCUT2D eigenvalue weighted by molar-refractivity contribution is 0.261. The summed E-state index contributed by atoms with van der Waals surface area (Å²) in [7, 11) is 4.09. The molecule has 8 heteroatoms. The number of thiophene rings is 2. The zero-order chi connectivity index (χ0) is 24.5. The van der Waals surface area contributed by atoms with Gasteiger partial charge < -0.3 is 19.9 Å². The number of anilines is 2. The molecule has 0 radical (unpaired) electrons. The molecular formula is C27H29N5OS2. The third kappa shape index (κ3) is 4.82. The zero-order valence-corrected chi connectivity index (χ0v) is 22.2. The van der Waals surface area contributed by atoms with E-state index in [1.54, 1.807) is 22.7 Å². The van der Waals surface area contributed by atoms with Crippen LogP contribution in [0.3, 0.4) is 0 Å². The van der Waals surface area contributed by atoms with Gasteiger partial charge >= 0.3 is 0 Å². The average Bonchev–Trinajstić information content (AvgIpc) is 3.56. The molecule has 4 aromatic heterocycles. The summed E-state index contributed by atoms with van der Waals surface area (Å²) < 4.78 is 5.88. The van der Waals surface area contributed by atoms with Gasteiger partial charge in [-0.2, -0.15) is 0 Å². The summed E-state index contributed by atoms with van der Waals surface area (Å²) in [6.45, 7) is 7.92. The van der Waals surface area contributed by atoms with E-state index in [2.05, 4.69) is 59.6 Å². The van der Waals surface area contributed by atoms with Crippen LogP contribution in [0, 0.1) is 20.8 Å². The van der Waals surface area contributed by atoms with E-state index in [1.807, 2.05) is 38.5 Å². The van der Waals surface area contributed by atoms with Crippen LogP contribution in [-0.4, -0.2) is 47.1 Å². The molecule has 6 nitrogen and oxygen atoms in total. The molecule has 4 heterocycles. The van der Waals surface area contributed by atoms with Crippen molar-refractivity contribution in [1.29, 1.82) is 0 Å². The van der Waals surface area contributed by atoms with Gasteiger partial charge in [-0.05, 0) is 92.8 Å². The monoisotopic (exact) mass is 503 g/mol. The lowest BCUT2D eigenvalue weighted by atomic mass is 10.1. The molecule has 0 amide bonds. The van der Waals surface area contributed by atoms with Crippen LogP contribution in [0.15, 0.2) is 48.0 Å². The lowest BCUT2D eigenvalue weighted by Crippen LogP contribution is -2.19. The van der Waals surface area contributed by atoms with Crippen molar-refractivity contribution in [3.05, 3.63) is 64.7 Å². The first-order valence-electron chi connectivity index (χ1n) is 11.6. The fourth-order valence-corrected chi connectivity index (χ4v) is 5.76. The minimum atomic E-state index is 0.669. The molecule has 0 aliphatic rings. The number of benzene rings is 1. The van der Waals surface area contributed by atoms with Gasteiger partial charge in [0.05, 0.1) is 10.3 Å². The molecule has 2 N–H and O–H groups in total. The molecule has 5 aromatic rings. The SMILES string of the molecule is Cc1c[nH]c(Nc2nc(-c3cccs3)nc3sc(-c4ccc(OCCN(C)C)cc4)c(C)c23)c1C. The maximum Gasteiger partial charge on any atom is 0.173 e. The number of likely N-dealkylation sites (N-methyl/N-ethyl adjacent to an activating group) is 1. The second kappa shape index (κ2) is 9.81. The van der Waals surface area contributed by atoms with Gasteiger partial charge in [0.2, 0.25) is 0 Å². The van der Waals surface area contributed by atoms with Crippen molar-refractivity contribution >= 4 is 44.5 Å². The highest BCUT2D eigenvalue weighted by Gasteiger charge is 2.19. The van der Waals surface area contributed by atoms with Crippen LogP contribution in [0.2, 0.25) is 0 Å². The molecule has 0 atom stereocenters. The normalized spacial score (nSPS) is 11.5. The van der Waals surface area contributed by atoms with E-state index in [0.29, 0.717) is 6.61 Å². The van der Waals surface area contributed by atoms with E-state index in [1.165, 1.54) is 21.6 Å². The van der Waals surface area contributed by atoms with Gasteiger partial charge in [0.25, 0.3) is 0 Å². The molecular weight excluding hydrogens is 474 g/mol. The van der Waals surface area contributed by atoms with Crippen molar-refractivity contribution in [3.63, 3.8) is 0 Å². The number of hydrogen-bond acceptors (Lipinski definition) is 7. The van der Waals surface area contributed by atoms with Gasteiger partial charge in [0, 0.05) is 17.6 Å². The number of aryl methyl sites for hydroxylation is 2. The van der Waals surface area contributed by atoms with Crippen LogP contribution >= 0.6 is 22.7 Å². The van der Waals surface area contributed by atoms with Crippen molar-refractivity contribution in [1.82, 2.24) is 19.9 Å². The number of aromatic amines is 1. The summed E-state index contributed by atoms with van der Waals surface area (Å²) in [5.41, 5.74) is 4.73. The van der Waals surface area contributed by atoms with E-state index < -0.39 is 0 Å². The number of hydrogen-bond donors (Lipinski definition) is 2. The smallest absolute Gasteiger partial charge is 0.173 e. The first kappa shape index (κ1) is 23.5. The largest absolute Gasteiger partial charge is 0.492 e. The average molecular weight is 504 g/mol. The molecule has 0 spiro atoms. The van der Waals surface area contributed by atoms with E-state index in [0.717, 1.165) is 50.4 Å².